The van der Waals surface area contributed by atoms with Crippen LogP contribution < -0.4 is 9.47 Å². The van der Waals surface area contributed by atoms with Gasteiger partial charge in [0.2, 0.25) is 0 Å². The molecule has 2 nitrogen and oxygen atoms in total. The topological polar surface area (TPSA) is 18.5 Å². The van der Waals surface area contributed by atoms with Crippen molar-refractivity contribution in [3.05, 3.63) is 47.5 Å². The standard InChI is InChI=1S/C18H21O2/c1-12(2)14-9-10-15(17(11-14)20-5)18-13(3)7-6-8-16(18)19-4/h6-7,9-12H,1-5H3. The van der Waals surface area contributed by atoms with Crippen molar-refractivity contribution in [2.24, 2.45) is 0 Å². The van der Waals surface area contributed by atoms with E-state index in [1.807, 2.05) is 12.1 Å². The first kappa shape index (κ1) is 14.4. The van der Waals surface area contributed by atoms with E-state index < -0.39 is 0 Å². The maximum absolute atomic E-state index is 5.58. The third kappa shape index (κ3) is 2.64. The van der Waals surface area contributed by atoms with Gasteiger partial charge in [-0.15, -0.1) is 0 Å². The highest BCUT2D eigenvalue weighted by molar-refractivity contribution is 5.78. The molecule has 0 saturated carbocycles. The molecule has 0 atom stereocenters. The zero-order chi connectivity index (χ0) is 14.7. The lowest BCUT2D eigenvalue weighted by molar-refractivity contribution is 0.409. The molecule has 0 saturated heterocycles. The van der Waals surface area contributed by atoms with Crippen LogP contribution in [0.3, 0.4) is 0 Å². The summed E-state index contributed by atoms with van der Waals surface area (Å²) in [4.78, 5) is 0. The molecule has 0 amide bonds. The minimum absolute atomic E-state index is 0.475. The van der Waals surface area contributed by atoms with Crippen molar-refractivity contribution >= 4 is 0 Å². The number of methoxy groups -OCH3 is 2. The number of rotatable bonds is 4. The van der Waals surface area contributed by atoms with Crippen molar-refractivity contribution in [2.45, 2.75) is 26.7 Å². The van der Waals surface area contributed by atoms with Crippen molar-refractivity contribution < 1.29 is 9.47 Å². The van der Waals surface area contributed by atoms with Gasteiger partial charge in [-0.25, -0.2) is 0 Å². The quantitative estimate of drug-likeness (QED) is 0.807. The second-order valence-electron chi connectivity index (χ2n) is 5.18. The average Bonchev–Trinajstić information content (AvgIpc) is 2.46. The third-order valence-electron chi connectivity index (χ3n) is 3.53. The molecule has 0 aliphatic heterocycles. The molecule has 2 aromatic rings. The van der Waals surface area contributed by atoms with Crippen LogP contribution in [0.15, 0.2) is 30.3 Å². The number of ether oxygens (including phenoxy) is 2. The average molecular weight is 269 g/mol. The highest BCUT2D eigenvalue weighted by Gasteiger charge is 2.15. The van der Waals surface area contributed by atoms with Crippen molar-refractivity contribution in [1.29, 1.82) is 0 Å². The molecule has 0 aliphatic carbocycles. The van der Waals surface area contributed by atoms with Crippen molar-refractivity contribution in [1.82, 2.24) is 0 Å². The van der Waals surface area contributed by atoms with Crippen LogP contribution in [0.2, 0.25) is 0 Å². The Hall–Kier alpha value is -1.96. The minimum Gasteiger partial charge on any atom is -0.496 e. The summed E-state index contributed by atoms with van der Waals surface area (Å²) in [6.45, 7) is 6.43. The molecule has 0 aromatic heterocycles. The SMILES string of the molecule is COc1[c]ccc(C)c1-c1ccc(C(C)C)cc1OC. The summed E-state index contributed by atoms with van der Waals surface area (Å²) < 4.78 is 11.0. The first-order valence-corrected chi connectivity index (χ1v) is 6.82. The Morgan fingerprint density at radius 3 is 2.40 bits per heavy atom. The minimum atomic E-state index is 0.475. The van der Waals surface area contributed by atoms with Gasteiger partial charge < -0.3 is 9.47 Å². The van der Waals surface area contributed by atoms with Crippen LogP contribution in [0.5, 0.6) is 11.5 Å². The number of benzene rings is 2. The fourth-order valence-electron chi connectivity index (χ4n) is 2.35. The van der Waals surface area contributed by atoms with Gasteiger partial charge in [0.15, 0.2) is 0 Å². The molecule has 2 aromatic carbocycles. The molecule has 2 heteroatoms. The smallest absolute Gasteiger partial charge is 0.135 e. The van der Waals surface area contributed by atoms with Crippen LogP contribution in [0.25, 0.3) is 11.1 Å². The Bertz CT molecular complexity index is 600. The predicted molar refractivity (Wildman–Crippen MR) is 82.6 cm³/mol. The van der Waals surface area contributed by atoms with Crippen LogP contribution in [0.1, 0.15) is 30.9 Å². The first-order valence-electron chi connectivity index (χ1n) is 6.82. The molecule has 0 bridgehead atoms. The lowest BCUT2D eigenvalue weighted by atomic mass is 9.94. The van der Waals surface area contributed by atoms with Crippen LogP contribution in [-0.2, 0) is 0 Å². The predicted octanol–water partition coefficient (Wildman–Crippen LogP) is 4.60. The third-order valence-corrected chi connectivity index (χ3v) is 3.53. The Labute approximate surface area is 121 Å². The summed E-state index contributed by atoms with van der Waals surface area (Å²) in [5.74, 6) is 2.10. The van der Waals surface area contributed by atoms with Gasteiger partial charge in [0.05, 0.1) is 14.2 Å². The Kier molecular flexibility index (Phi) is 4.33. The molecule has 1 radical (unpaired) electrons. The summed E-state index contributed by atoms with van der Waals surface area (Å²) in [5, 5.41) is 0. The molecule has 0 spiro atoms. The maximum Gasteiger partial charge on any atom is 0.135 e. The van der Waals surface area contributed by atoms with E-state index in [1.165, 1.54) is 5.56 Å². The van der Waals surface area contributed by atoms with Gasteiger partial charge in [-0.3, -0.25) is 0 Å². The summed E-state index contributed by atoms with van der Waals surface area (Å²) in [5.41, 5.74) is 4.50. The fraction of sp³-hybridized carbons (Fsp3) is 0.333. The van der Waals surface area contributed by atoms with Crippen LogP contribution in [0, 0.1) is 13.0 Å². The highest BCUT2D eigenvalue weighted by Crippen LogP contribution is 2.39. The van der Waals surface area contributed by atoms with E-state index in [-0.39, 0.29) is 0 Å². The van der Waals surface area contributed by atoms with Gasteiger partial charge in [-0.05, 0) is 30.0 Å². The second-order valence-corrected chi connectivity index (χ2v) is 5.18. The number of hydrogen-bond donors (Lipinski definition) is 0. The summed E-state index contributed by atoms with van der Waals surface area (Å²) in [7, 11) is 3.38. The van der Waals surface area contributed by atoms with Crippen LogP contribution in [-0.4, -0.2) is 14.2 Å². The van der Waals surface area contributed by atoms with E-state index >= 15 is 0 Å². The monoisotopic (exact) mass is 269 g/mol. The van der Waals surface area contributed by atoms with Gasteiger partial charge in [0, 0.05) is 17.2 Å². The van der Waals surface area contributed by atoms with Crippen molar-refractivity contribution in [3.63, 3.8) is 0 Å². The van der Waals surface area contributed by atoms with E-state index in [4.69, 9.17) is 9.47 Å². The van der Waals surface area contributed by atoms with E-state index in [0.29, 0.717) is 5.92 Å². The van der Waals surface area contributed by atoms with E-state index in [1.54, 1.807) is 14.2 Å². The normalized spacial score (nSPS) is 10.7. The molecule has 0 aliphatic rings. The highest BCUT2D eigenvalue weighted by atomic mass is 16.5. The Balaban J connectivity index is 2.64. The van der Waals surface area contributed by atoms with Gasteiger partial charge >= 0.3 is 0 Å². The molecule has 105 valence electrons. The molecular formula is C18H21O2. The Morgan fingerprint density at radius 2 is 1.80 bits per heavy atom. The summed E-state index contributed by atoms with van der Waals surface area (Å²) >= 11 is 0. The fourth-order valence-corrected chi connectivity index (χ4v) is 2.35. The molecular weight excluding hydrogens is 248 g/mol. The molecule has 0 unspecified atom stereocenters. The zero-order valence-electron chi connectivity index (χ0n) is 12.8. The molecule has 0 N–H and O–H groups in total. The van der Waals surface area contributed by atoms with Gasteiger partial charge in [-0.1, -0.05) is 38.1 Å². The molecule has 2 rings (SSSR count). The van der Waals surface area contributed by atoms with Crippen molar-refractivity contribution in [2.75, 3.05) is 14.2 Å². The molecule has 20 heavy (non-hydrogen) atoms. The largest absolute Gasteiger partial charge is 0.496 e. The zero-order valence-corrected chi connectivity index (χ0v) is 12.8. The Morgan fingerprint density at radius 1 is 1.05 bits per heavy atom. The van der Waals surface area contributed by atoms with E-state index in [0.717, 1.165) is 28.2 Å². The maximum atomic E-state index is 5.58. The molecule has 0 fully saturated rings. The van der Waals surface area contributed by atoms with Gasteiger partial charge in [0.1, 0.15) is 11.5 Å². The second kappa shape index (κ2) is 6.00. The van der Waals surface area contributed by atoms with Gasteiger partial charge in [0.25, 0.3) is 0 Å². The number of aryl methyl sites for hydroxylation is 1. The van der Waals surface area contributed by atoms with E-state index in [9.17, 15) is 0 Å². The lowest BCUT2D eigenvalue weighted by Gasteiger charge is -2.16. The number of hydrogen-bond acceptors (Lipinski definition) is 2. The summed E-state index contributed by atoms with van der Waals surface area (Å²) in [6.07, 6.45) is 0. The molecule has 0 heterocycles. The van der Waals surface area contributed by atoms with Crippen LogP contribution >= 0.6 is 0 Å². The first-order chi connectivity index (χ1) is 9.58. The van der Waals surface area contributed by atoms with Gasteiger partial charge in [-0.2, -0.15) is 0 Å². The van der Waals surface area contributed by atoms with E-state index in [2.05, 4.69) is 45.0 Å². The van der Waals surface area contributed by atoms with Crippen LogP contribution in [0.4, 0.5) is 0 Å². The lowest BCUT2D eigenvalue weighted by Crippen LogP contribution is -1.96. The van der Waals surface area contributed by atoms with Crippen molar-refractivity contribution in [3.8, 4) is 22.6 Å². The summed E-state index contributed by atoms with van der Waals surface area (Å²) in [6, 6.07) is 13.4.